The molecular formula is C17H18O2S. The molecule has 1 unspecified atom stereocenters. The van der Waals surface area contributed by atoms with E-state index in [1.54, 1.807) is 11.3 Å². The van der Waals surface area contributed by atoms with Crippen molar-refractivity contribution in [2.75, 3.05) is 6.61 Å². The third-order valence-electron chi connectivity index (χ3n) is 3.80. The number of hydrogen-bond donors (Lipinski definition) is 0. The normalized spacial score (nSPS) is 17.6. The minimum absolute atomic E-state index is 0.0295. The molecule has 1 heterocycles. The van der Waals surface area contributed by atoms with Crippen molar-refractivity contribution >= 4 is 17.1 Å². The second kappa shape index (κ2) is 5.80. The van der Waals surface area contributed by atoms with Gasteiger partial charge < -0.3 is 4.74 Å². The molecule has 0 fully saturated rings. The lowest BCUT2D eigenvalue weighted by molar-refractivity contribution is 0.0951. The third-order valence-corrected chi connectivity index (χ3v) is 4.79. The van der Waals surface area contributed by atoms with E-state index in [9.17, 15) is 4.79 Å². The number of aryl methyl sites for hydroxylation is 1. The number of Topliss-reactive ketones (excluding diaryl/α,β-unsaturated/α-hetero) is 1. The SMILES string of the molecule is CCOc1cccc(C(=O)C2CCCc3sccc32)c1. The van der Waals surface area contributed by atoms with Gasteiger partial charge in [-0.2, -0.15) is 0 Å². The number of fused-ring (bicyclic) bond motifs is 1. The molecule has 1 aliphatic carbocycles. The molecule has 0 saturated carbocycles. The van der Waals surface area contributed by atoms with Gasteiger partial charge in [0.2, 0.25) is 0 Å². The summed E-state index contributed by atoms with van der Waals surface area (Å²) in [5.41, 5.74) is 2.01. The summed E-state index contributed by atoms with van der Waals surface area (Å²) in [6.07, 6.45) is 3.19. The predicted octanol–water partition coefficient (Wildman–Crippen LogP) is 4.45. The van der Waals surface area contributed by atoms with Gasteiger partial charge in [-0.1, -0.05) is 12.1 Å². The van der Waals surface area contributed by atoms with Crippen LogP contribution in [0.4, 0.5) is 0 Å². The fourth-order valence-electron chi connectivity index (χ4n) is 2.87. The molecule has 1 atom stereocenters. The smallest absolute Gasteiger partial charge is 0.170 e. The van der Waals surface area contributed by atoms with Crippen LogP contribution in [0.3, 0.4) is 0 Å². The first kappa shape index (κ1) is 13.4. The van der Waals surface area contributed by atoms with E-state index in [1.165, 1.54) is 10.4 Å². The molecular weight excluding hydrogens is 268 g/mol. The number of rotatable bonds is 4. The summed E-state index contributed by atoms with van der Waals surface area (Å²) in [4.78, 5) is 14.2. The highest BCUT2D eigenvalue weighted by Crippen LogP contribution is 2.37. The molecule has 1 aliphatic rings. The van der Waals surface area contributed by atoms with E-state index in [2.05, 4.69) is 11.4 Å². The lowest BCUT2D eigenvalue weighted by Crippen LogP contribution is -2.17. The number of carbonyl (C=O) groups excluding carboxylic acids is 1. The monoisotopic (exact) mass is 286 g/mol. The van der Waals surface area contributed by atoms with Crippen molar-refractivity contribution in [2.24, 2.45) is 0 Å². The minimum atomic E-state index is 0.0295. The van der Waals surface area contributed by atoms with Crippen LogP contribution in [0.15, 0.2) is 35.7 Å². The van der Waals surface area contributed by atoms with Gasteiger partial charge in [0.05, 0.1) is 6.61 Å². The highest BCUT2D eigenvalue weighted by molar-refractivity contribution is 7.10. The number of hydrogen-bond acceptors (Lipinski definition) is 3. The summed E-state index contributed by atoms with van der Waals surface area (Å²) in [5.74, 6) is 1.03. The number of thiophene rings is 1. The summed E-state index contributed by atoms with van der Waals surface area (Å²) < 4.78 is 5.49. The second-order valence-electron chi connectivity index (χ2n) is 5.07. The van der Waals surface area contributed by atoms with Gasteiger partial charge in [0.25, 0.3) is 0 Å². The molecule has 1 aromatic carbocycles. The fraction of sp³-hybridized carbons (Fsp3) is 0.353. The zero-order valence-corrected chi connectivity index (χ0v) is 12.4. The third kappa shape index (κ3) is 2.50. The van der Waals surface area contributed by atoms with Crippen LogP contribution in [0.1, 0.15) is 46.5 Å². The van der Waals surface area contributed by atoms with Crippen LogP contribution in [0.5, 0.6) is 5.75 Å². The van der Waals surface area contributed by atoms with Gasteiger partial charge in [-0.25, -0.2) is 0 Å². The van der Waals surface area contributed by atoms with E-state index in [0.29, 0.717) is 6.61 Å². The van der Waals surface area contributed by atoms with Crippen molar-refractivity contribution in [2.45, 2.75) is 32.1 Å². The standard InChI is InChI=1S/C17H18O2S/c1-2-19-13-6-3-5-12(11-13)17(18)15-7-4-8-16-14(15)9-10-20-16/h3,5-6,9-11,15H,2,4,7-8H2,1H3. The Morgan fingerprint density at radius 3 is 3.15 bits per heavy atom. The Labute approximate surface area is 123 Å². The molecule has 0 aliphatic heterocycles. The lowest BCUT2D eigenvalue weighted by atomic mass is 9.82. The maximum absolute atomic E-state index is 12.8. The molecule has 0 radical (unpaired) electrons. The predicted molar refractivity (Wildman–Crippen MR) is 81.9 cm³/mol. The van der Waals surface area contributed by atoms with Gasteiger partial charge in [0.1, 0.15) is 5.75 Å². The van der Waals surface area contributed by atoms with E-state index in [4.69, 9.17) is 4.74 Å². The molecule has 1 aromatic heterocycles. The first-order valence-electron chi connectivity index (χ1n) is 7.13. The number of carbonyl (C=O) groups is 1. The van der Waals surface area contributed by atoms with Crippen LogP contribution >= 0.6 is 11.3 Å². The van der Waals surface area contributed by atoms with Crippen LogP contribution in [0, 0.1) is 0 Å². The van der Waals surface area contributed by atoms with E-state index >= 15 is 0 Å². The Kier molecular flexibility index (Phi) is 3.88. The Bertz CT molecular complexity index is 615. The van der Waals surface area contributed by atoms with Crippen molar-refractivity contribution < 1.29 is 9.53 Å². The highest BCUT2D eigenvalue weighted by atomic mass is 32.1. The Morgan fingerprint density at radius 2 is 2.30 bits per heavy atom. The van der Waals surface area contributed by atoms with Crippen LogP contribution in [-0.4, -0.2) is 12.4 Å². The van der Waals surface area contributed by atoms with Gasteiger partial charge in [0.15, 0.2) is 5.78 Å². The van der Waals surface area contributed by atoms with E-state index in [-0.39, 0.29) is 11.7 Å². The second-order valence-corrected chi connectivity index (χ2v) is 6.07. The molecule has 104 valence electrons. The van der Waals surface area contributed by atoms with E-state index < -0.39 is 0 Å². The average molecular weight is 286 g/mol. The molecule has 0 spiro atoms. The maximum Gasteiger partial charge on any atom is 0.170 e. The number of ether oxygens (including phenoxy) is 1. The van der Waals surface area contributed by atoms with Crippen molar-refractivity contribution in [3.05, 3.63) is 51.7 Å². The molecule has 2 aromatic rings. The summed E-state index contributed by atoms with van der Waals surface area (Å²) in [6.45, 7) is 2.57. The molecule has 0 bridgehead atoms. The number of benzene rings is 1. The first-order valence-corrected chi connectivity index (χ1v) is 8.01. The summed E-state index contributed by atoms with van der Waals surface area (Å²) >= 11 is 1.78. The van der Waals surface area contributed by atoms with Crippen LogP contribution in [-0.2, 0) is 6.42 Å². The Balaban J connectivity index is 1.89. The highest BCUT2D eigenvalue weighted by Gasteiger charge is 2.28. The summed E-state index contributed by atoms with van der Waals surface area (Å²) in [5, 5.41) is 2.10. The van der Waals surface area contributed by atoms with Gasteiger partial charge in [0, 0.05) is 16.4 Å². The van der Waals surface area contributed by atoms with Crippen molar-refractivity contribution in [3.8, 4) is 5.75 Å². The van der Waals surface area contributed by atoms with Gasteiger partial charge in [-0.15, -0.1) is 11.3 Å². The van der Waals surface area contributed by atoms with Crippen LogP contribution in [0.25, 0.3) is 0 Å². The molecule has 0 amide bonds. The van der Waals surface area contributed by atoms with Crippen molar-refractivity contribution in [1.29, 1.82) is 0 Å². The average Bonchev–Trinajstić information content (AvgIpc) is 2.95. The zero-order valence-electron chi connectivity index (χ0n) is 11.6. The first-order chi connectivity index (χ1) is 9.79. The van der Waals surface area contributed by atoms with Crippen LogP contribution in [0.2, 0.25) is 0 Å². The van der Waals surface area contributed by atoms with Crippen molar-refractivity contribution in [1.82, 2.24) is 0 Å². The maximum atomic E-state index is 12.8. The Morgan fingerprint density at radius 1 is 1.40 bits per heavy atom. The van der Waals surface area contributed by atoms with Gasteiger partial charge >= 0.3 is 0 Å². The summed E-state index contributed by atoms with van der Waals surface area (Å²) in [6, 6.07) is 9.68. The lowest BCUT2D eigenvalue weighted by Gasteiger charge is -2.21. The van der Waals surface area contributed by atoms with Gasteiger partial charge in [-0.05, 0) is 55.3 Å². The largest absolute Gasteiger partial charge is 0.494 e. The summed E-state index contributed by atoms with van der Waals surface area (Å²) in [7, 11) is 0. The quantitative estimate of drug-likeness (QED) is 0.776. The topological polar surface area (TPSA) is 26.3 Å². The molecule has 3 rings (SSSR count). The molecule has 2 nitrogen and oxygen atoms in total. The molecule has 0 saturated heterocycles. The van der Waals surface area contributed by atoms with E-state index in [0.717, 1.165) is 30.6 Å². The zero-order chi connectivity index (χ0) is 13.9. The fourth-order valence-corrected chi connectivity index (χ4v) is 3.85. The molecule has 20 heavy (non-hydrogen) atoms. The van der Waals surface area contributed by atoms with Crippen molar-refractivity contribution in [3.63, 3.8) is 0 Å². The number of ketones is 1. The Hall–Kier alpha value is -1.61. The minimum Gasteiger partial charge on any atom is -0.494 e. The molecule has 3 heteroatoms. The van der Waals surface area contributed by atoms with Crippen LogP contribution < -0.4 is 4.74 Å². The molecule has 0 N–H and O–H groups in total. The van der Waals surface area contributed by atoms with Gasteiger partial charge in [-0.3, -0.25) is 4.79 Å². The van der Waals surface area contributed by atoms with E-state index in [1.807, 2.05) is 31.2 Å².